The van der Waals surface area contributed by atoms with E-state index in [2.05, 4.69) is 56.6 Å². The van der Waals surface area contributed by atoms with E-state index in [1.165, 1.54) is 0 Å². The number of aliphatic hydroxyl groups is 4. The lowest BCUT2D eigenvalue weighted by atomic mass is 9.80. The summed E-state index contributed by atoms with van der Waals surface area (Å²) in [4.78, 5) is 59.4. The van der Waals surface area contributed by atoms with Gasteiger partial charge in [0.2, 0.25) is 6.29 Å². The third kappa shape index (κ3) is 6.23. The normalized spacial score (nSPS) is 12.1. The number of carbonyl (C=O) groups is 5. The number of carbonyl (C=O) groups excluding carboxylic acids is 5. The van der Waals surface area contributed by atoms with E-state index in [1.807, 2.05) is 0 Å². The van der Waals surface area contributed by atoms with Crippen LogP contribution in [-0.4, -0.2) is 75.1 Å². The van der Waals surface area contributed by atoms with Gasteiger partial charge in [-0.05, 0) is 0 Å². The average molecular weight is 486 g/mol. The van der Waals surface area contributed by atoms with Crippen molar-refractivity contribution in [3.8, 4) is 0 Å². The van der Waals surface area contributed by atoms with E-state index in [0.717, 1.165) is 0 Å². The number of ether oxygens (including phenoxy) is 5. The summed E-state index contributed by atoms with van der Waals surface area (Å²) in [6, 6.07) is 0. The molecule has 4 N–H and O–H groups in total. The first kappa shape index (κ1) is 29.9. The largest absolute Gasteiger partial charge is 0.431 e. The van der Waals surface area contributed by atoms with Gasteiger partial charge in [0.1, 0.15) is 0 Å². The molecule has 0 aliphatic rings. The SMILES string of the molecule is C=CC(=O)OC(O)C(CO)(C(O)(OC(=O)C=C)OC(=O)C=C)C(O)(OC(=O)C=C)OC(=O)C=C. The van der Waals surface area contributed by atoms with Gasteiger partial charge in [-0.15, -0.1) is 0 Å². The van der Waals surface area contributed by atoms with Gasteiger partial charge in [-0.1, -0.05) is 32.9 Å². The molecule has 0 aliphatic carbocycles. The van der Waals surface area contributed by atoms with Crippen LogP contribution in [0.2, 0.25) is 0 Å². The highest BCUT2D eigenvalue weighted by atomic mass is 16.9. The summed E-state index contributed by atoms with van der Waals surface area (Å²) in [6.07, 6.45) is -1.21. The molecule has 0 spiro atoms. The van der Waals surface area contributed by atoms with E-state index in [0.29, 0.717) is 30.4 Å². The van der Waals surface area contributed by atoms with E-state index in [-0.39, 0.29) is 0 Å². The highest BCUT2D eigenvalue weighted by molar-refractivity contribution is 5.85. The van der Waals surface area contributed by atoms with Crippen LogP contribution in [0.15, 0.2) is 63.3 Å². The van der Waals surface area contributed by atoms with Crippen molar-refractivity contribution in [2.24, 2.45) is 5.41 Å². The van der Waals surface area contributed by atoms with Gasteiger partial charge in [0.05, 0.1) is 6.61 Å². The molecule has 1 unspecified atom stereocenters. The van der Waals surface area contributed by atoms with Crippen LogP contribution >= 0.6 is 0 Å². The molecule has 0 saturated heterocycles. The number of esters is 5. The summed E-state index contributed by atoms with van der Waals surface area (Å²) >= 11 is 0. The van der Waals surface area contributed by atoms with Crippen LogP contribution < -0.4 is 0 Å². The lowest BCUT2D eigenvalue weighted by Crippen LogP contribution is -2.74. The molecule has 0 rings (SSSR count). The molecule has 34 heavy (non-hydrogen) atoms. The maximum absolute atomic E-state index is 11.9. The van der Waals surface area contributed by atoms with Gasteiger partial charge in [-0.3, -0.25) is 0 Å². The van der Waals surface area contributed by atoms with Crippen molar-refractivity contribution in [1.82, 2.24) is 0 Å². The minimum absolute atomic E-state index is 0.377. The zero-order chi connectivity index (χ0) is 26.7. The van der Waals surface area contributed by atoms with Crippen molar-refractivity contribution in [3.63, 3.8) is 0 Å². The second-order valence-corrected chi connectivity index (χ2v) is 5.79. The summed E-state index contributed by atoms with van der Waals surface area (Å²) in [5.74, 6) is -16.4. The number of aliphatic hydroxyl groups excluding tert-OH is 2. The minimum atomic E-state index is -4.16. The Balaban J connectivity index is 7.57. The molecule has 0 heterocycles. The molecule has 14 nitrogen and oxygen atoms in total. The molecule has 0 aromatic rings. The fourth-order valence-corrected chi connectivity index (χ4v) is 2.17. The van der Waals surface area contributed by atoms with Gasteiger partial charge in [0.25, 0.3) is 5.41 Å². The quantitative estimate of drug-likeness (QED) is 0.0925. The van der Waals surface area contributed by atoms with Gasteiger partial charge < -0.3 is 44.1 Å². The second-order valence-electron chi connectivity index (χ2n) is 5.79. The molecule has 1 atom stereocenters. The highest BCUT2D eigenvalue weighted by Crippen LogP contribution is 2.48. The maximum atomic E-state index is 11.9. The Morgan fingerprint density at radius 1 is 0.647 bits per heavy atom. The Kier molecular flexibility index (Phi) is 10.7. The Labute approximate surface area is 192 Å². The summed E-state index contributed by atoms with van der Waals surface area (Å²) in [5, 5.41) is 43.0. The van der Waals surface area contributed by atoms with Crippen LogP contribution in [0.25, 0.3) is 0 Å². The fraction of sp³-hybridized carbons (Fsp3) is 0.250. The molecule has 186 valence electrons. The lowest BCUT2D eigenvalue weighted by Gasteiger charge is -2.49. The van der Waals surface area contributed by atoms with E-state index >= 15 is 0 Å². The van der Waals surface area contributed by atoms with Crippen LogP contribution in [0, 0.1) is 5.41 Å². The highest BCUT2D eigenvalue weighted by Gasteiger charge is 2.78. The summed E-state index contributed by atoms with van der Waals surface area (Å²) in [5.41, 5.74) is -3.87. The first-order valence-corrected chi connectivity index (χ1v) is 8.74. The zero-order valence-electron chi connectivity index (χ0n) is 17.6. The monoisotopic (exact) mass is 486 g/mol. The standard InChI is InChI=1S/C20H22O14/c1-6-12(22)30-17(27)18(11-21,19(28,31-13(23)7-2)32-14(24)8-3)20(29,33-15(25)9-4)34-16(26)10-5/h6-10,17,21,27-29H,1-5,11H2. The first-order chi connectivity index (χ1) is 15.8. The molecular weight excluding hydrogens is 464 g/mol. The lowest BCUT2D eigenvalue weighted by molar-refractivity contribution is -0.504. The fourth-order valence-electron chi connectivity index (χ4n) is 2.17. The summed E-state index contributed by atoms with van der Waals surface area (Å²) in [7, 11) is 0. The Morgan fingerprint density at radius 2 is 0.912 bits per heavy atom. The number of rotatable bonds is 14. The van der Waals surface area contributed by atoms with E-state index in [4.69, 9.17) is 0 Å². The molecular formula is C20H22O14. The minimum Gasteiger partial charge on any atom is -0.431 e. The molecule has 0 saturated carbocycles. The van der Waals surface area contributed by atoms with Gasteiger partial charge in [0, 0.05) is 30.4 Å². The molecule has 0 radical (unpaired) electrons. The van der Waals surface area contributed by atoms with E-state index in [9.17, 15) is 44.4 Å². The van der Waals surface area contributed by atoms with Gasteiger partial charge in [0.15, 0.2) is 0 Å². The van der Waals surface area contributed by atoms with Crippen molar-refractivity contribution in [2.45, 2.75) is 18.2 Å². The smallest absolute Gasteiger partial charge is 0.399 e. The summed E-state index contributed by atoms with van der Waals surface area (Å²) in [6.45, 7) is 13.1. The van der Waals surface area contributed by atoms with Crippen molar-refractivity contribution in [3.05, 3.63) is 63.3 Å². The zero-order valence-corrected chi connectivity index (χ0v) is 17.6. The van der Waals surface area contributed by atoms with Crippen molar-refractivity contribution < 1.29 is 68.1 Å². The molecule has 0 aliphatic heterocycles. The van der Waals surface area contributed by atoms with Crippen LogP contribution in [0.4, 0.5) is 0 Å². The third-order valence-corrected chi connectivity index (χ3v) is 3.82. The molecule has 0 aromatic heterocycles. The van der Waals surface area contributed by atoms with Crippen molar-refractivity contribution in [2.75, 3.05) is 6.61 Å². The molecule has 0 aromatic carbocycles. The predicted molar refractivity (Wildman–Crippen MR) is 107 cm³/mol. The van der Waals surface area contributed by atoms with Gasteiger partial charge in [-0.25, -0.2) is 24.0 Å². The first-order valence-electron chi connectivity index (χ1n) is 8.74. The average Bonchev–Trinajstić information content (AvgIpc) is 2.78. The maximum Gasteiger partial charge on any atom is 0.399 e. The second kappa shape index (κ2) is 12.2. The van der Waals surface area contributed by atoms with Crippen molar-refractivity contribution >= 4 is 29.8 Å². The van der Waals surface area contributed by atoms with E-state index in [1.54, 1.807) is 0 Å². The molecule has 0 amide bonds. The Bertz CT molecular complexity index is 788. The van der Waals surface area contributed by atoms with Crippen LogP contribution in [0.1, 0.15) is 0 Å². The third-order valence-electron chi connectivity index (χ3n) is 3.82. The van der Waals surface area contributed by atoms with Crippen LogP contribution in [0.3, 0.4) is 0 Å². The number of hydrogen-bond acceptors (Lipinski definition) is 14. The van der Waals surface area contributed by atoms with Crippen molar-refractivity contribution in [1.29, 1.82) is 0 Å². The van der Waals surface area contributed by atoms with Gasteiger partial charge in [-0.2, -0.15) is 0 Å². The molecule has 0 bridgehead atoms. The molecule has 0 fully saturated rings. The summed E-state index contributed by atoms with van der Waals surface area (Å²) < 4.78 is 22.5. The molecule has 14 heteroatoms. The Hall–Kier alpha value is -4.11. The number of hydrogen-bond donors (Lipinski definition) is 4. The predicted octanol–water partition coefficient (Wildman–Crippen LogP) is -1.78. The van der Waals surface area contributed by atoms with Crippen LogP contribution in [0.5, 0.6) is 0 Å². The topological polar surface area (TPSA) is 212 Å². The van der Waals surface area contributed by atoms with Crippen LogP contribution in [-0.2, 0) is 47.7 Å². The van der Waals surface area contributed by atoms with E-state index < -0.39 is 60.1 Å². The van der Waals surface area contributed by atoms with Gasteiger partial charge >= 0.3 is 41.8 Å². The Morgan fingerprint density at radius 3 is 1.12 bits per heavy atom.